The van der Waals surface area contributed by atoms with Gasteiger partial charge in [0.05, 0.1) is 36.7 Å². The van der Waals surface area contributed by atoms with Crippen molar-refractivity contribution in [1.29, 1.82) is 0 Å². The number of hydrogen-bond donors (Lipinski definition) is 0. The third-order valence-corrected chi connectivity index (χ3v) is 7.79. The van der Waals surface area contributed by atoms with Crippen molar-refractivity contribution in [3.05, 3.63) is 118 Å². The van der Waals surface area contributed by atoms with Crippen LogP contribution in [0.15, 0.2) is 108 Å². The third-order valence-electron chi connectivity index (χ3n) is 7.43. The summed E-state index contributed by atoms with van der Waals surface area (Å²) in [6.07, 6.45) is 0. The van der Waals surface area contributed by atoms with E-state index in [1.807, 2.05) is 95.6 Å². The van der Waals surface area contributed by atoms with Crippen molar-refractivity contribution in [2.24, 2.45) is 0 Å². The average Bonchev–Trinajstić information content (AvgIpc) is 3.53. The molecule has 0 spiro atoms. The summed E-state index contributed by atoms with van der Waals surface area (Å²) in [4.78, 5) is 19.7. The molecule has 0 atom stereocenters. The Labute approximate surface area is 251 Å². The van der Waals surface area contributed by atoms with Crippen LogP contribution in [0.25, 0.3) is 44.8 Å². The van der Waals surface area contributed by atoms with Gasteiger partial charge in [-0.05, 0) is 84.5 Å². The molecule has 6 aromatic rings. The Morgan fingerprint density at radius 3 is 2.00 bits per heavy atom. The van der Waals surface area contributed by atoms with Gasteiger partial charge in [-0.1, -0.05) is 36.4 Å². The van der Waals surface area contributed by atoms with Gasteiger partial charge in [-0.25, -0.2) is 4.98 Å². The Morgan fingerprint density at radius 1 is 0.721 bits per heavy atom. The van der Waals surface area contributed by atoms with Crippen LogP contribution in [0.1, 0.15) is 0 Å². The molecule has 1 aliphatic heterocycles. The molecule has 9 heteroatoms. The van der Waals surface area contributed by atoms with Crippen LogP contribution in [0.2, 0.25) is 0 Å². The van der Waals surface area contributed by atoms with Crippen molar-refractivity contribution in [2.45, 2.75) is 0 Å². The summed E-state index contributed by atoms with van der Waals surface area (Å²) in [5.41, 5.74) is 4.53. The number of rotatable bonds is 6. The van der Waals surface area contributed by atoms with E-state index in [4.69, 9.17) is 36.1 Å². The van der Waals surface area contributed by atoms with Crippen LogP contribution < -0.4 is 24.5 Å². The lowest BCUT2D eigenvalue weighted by molar-refractivity contribution is 0.174. The Hall–Kier alpha value is -5.41. The summed E-state index contributed by atoms with van der Waals surface area (Å²) < 4.78 is 25.7. The minimum atomic E-state index is -0.297. The lowest BCUT2D eigenvalue weighted by Gasteiger charge is -2.19. The summed E-state index contributed by atoms with van der Waals surface area (Å²) in [7, 11) is 3.21. The Morgan fingerprint density at radius 2 is 1.35 bits per heavy atom. The van der Waals surface area contributed by atoms with Crippen LogP contribution in [-0.4, -0.2) is 35.1 Å². The van der Waals surface area contributed by atoms with Gasteiger partial charge in [0.25, 0.3) is 5.56 Å². The molecule has 0 unspecified atom stereocenters. The first kappa shape index (κ1) is 26.5. The fourth-order valence-corrected chi connectivity index (χ4v) is 5.65. The van der Waals surface area contributed by atoms with Gasteiger partial charge < -0.3 is 18.9 Å². The minimum absolute atomic E-state index is 0.145. The lowest BCUT2D eigenvalue weighted by Crippen LogP contribution is -2.25. The zero-order valence-electron chi connectivity index (χ0n) is 23.3. The standard InChI is InChI=1S/C34H25N3O5S/c1-39-25-13-9-23(10-14-25)36-32-31(33(38)37(34(36)43)24-11-15-26(40-2)16-12-24)27(19-28(35-32)21-6-4-3-5-7-21)22-8-17-29-30(18-22)42-20-41-29/h3-19H,20H2,1-2H3. The minimum Gasteiger partial charge on any atom is -0.497 e. The zero-order valence-corrected chi connectivity index (χ0v) is 24.1. The summed E-state index contributed by atoms with van der Waals surface area (Å²) >= 11 is 6.07. The van der Waals surface area contributed by atoms with E-state index in [0.717, 1.165) is 16.8 Å². The number of methoxy groups -OCH3 is 2. The van der Waals surface area contributed by atoms with Gasteiger partial charge >= 0.3 is 0 Å². The first-order valence-electron chi connectivity index (χ1n) is 13.5. The number of fused-ring (bicyclic) bond motifs is 2. The SMILES string of the molecule is COc1ccc(-n2c(=O)c3c(-c4ccc5c(c4)OCO5)cc(-c4ccccc4)nc3n(-c3ccc(OC)cc3)c2=S)cc1. The van der Waals surface area contributed by atoms with E-state index in [2.05, 4.69) is 0 Å². The molecule has 0 fully saturated rings. The number of hydrogen-bond acceptors (Lipinski definition) is 7. The first-order chi connectivity index (χ1) is 21.1. The van der Waals surface area contributed by atoms with Gasteiger partial charge in [0.15, 0.2) is 21.9 Å². The topological polar surface area (TPSA) is 76.7 Å². The number of pyridine rings is 1. The highest BCUT2D eigenvalue weighted by molar-refractivity contribution is 7.71. The van der Waals surface area contributed by atoms with Gasteiger partial charge in [0.1, 0.15) is 11.5 Å². The second-order valence-electron chi connectivity index (χ2n) is 9.84. The molecule has 0 bridgehead atoms. The second-order valence-corrected chi connectivity index (χ2v) is 10.2. The van der Waals surface area contributed by atoms with E-state index < -0.39 is 0 Å². The monoisotopic (exact) mass is 587 g/mol. The van der Waals surface area contributed by atoms with Crippen LogP contribution in [0, 0.1) is 4.77 Å². The quantitative estimate of drug-likeness (QED) is 0.195. The molecule has 0 aliphatic carbocycles. The molecule has 0 saturated heterocycles. The van der Waals surface area contributed by atoms with Crippen molar-refractivity contribution in [1.82, 2.24) is 14.1 Å². The van der Waals surface area contributed by atoms with Crippen molar-refractivity contribution in [3.63, 3.8) is 0 Å². The average molecular weight is 588 g/mol. The third kappa shape index (κ3) is 4.60. The largest absolute Gasteiger partial charge is 0.497 e. The summed E-state index contributed by atoms with van der Waals surface area (Å²) in [6.45, 7) is 0.145. The molecular formula is C34H25N3O5S. The predicted octanol–water partition coefficient (Wildman–Crippen LogP) is 6.99. The molecule has 0 radical (unpaired) electrons. The number of ether oxygens (including phenoxy) is 4. The number of nitrogens with zero attached hydrogens (tertiary/aromatic N) is 3. The van der Waals surface area contributed by atoms with Crippen molar-refractivity contribution in [2.75, 3.05) is 21.0 Å². The highest BCUT2D eigenvalue weighted by atomic mass is 32.1. The molecule has 212 valence electrons. The Balaban J connectivity index is 1.63. The van der Waals surface area contributed by atoms with E-state index >= 15 is 0 Å². The van der Waals surface area contributed by atoms with E-state index in [1.54, 1.807) is 26.4 Å². The molecule has 7 rings (SSSR count). The van der Waals surface area contributed by atoms with Crippen molar-refractivity contribution >= 4 is 23.3 Å². The van der Waals surface area contributed by atoms with Crippen LogP contribution in [0.4, 0.5) is 0 Å². The number of aromatic nitrogens is 3. The number of benzene rings is 4. The smallest absolute Gasteiger partial charge is 0.269 e. The highest BCUT2D eigenvalue weighted by Gasteiger charge is 2.22. The predicted molar refractivity (Wildman–Crippen MR) is 168 cm³/mol. The Kier molecular flexibility index (Phi) is 6.64. The normalized spacial score (nSPS) is 12.0. The van der Waals surface area contributed by atoms with Gasteiger partial charge in [-0.2, -0.15) is 0 Å². The fraction of sp³-hybridized carbons (Fsp3) is 0.0882. The first-order valence-corrected chi connectivity index (χ1v) is 13.9. The molecule has 1 aliphatic rings. The van der Waals surface area contributed by atoms with Gasteiger partial charge in [-0.3, -0.25) is 13.9 Å². The van der Waals surface area contributed by atoms with Crippen molar-refractivity contribution in [3.8, 4) is 56.8 Å². The molecule has 0 saturated carbocycles. The van der Waals surface area contributed by atoms with E-state index in [-0.39, 0.29) is 17.1 Å². The van der Waals surface area contributed by atoms with Gasteiger partial charge in [0, 0.05) is 11.1 Å². The molecule has 0 amide bonds. The Bertz CT molecular complexity index is 2110. The molecule has 3 heterocycles. The van der Waals surface area contributed by atoms with Gasteiger partial charge in [0.2, 0.25) is 6.79 Å². The highest BCUT2D eigenvalue weighted by Crippen LogP contribution is 2.39. The van der Waals surface area contributed by atoms with E-state index in [9.17, 15) is 4.79 Å². The molecule has 2 aromatic heterocycles. The van der Waals surface area contributed by atoms with Crippen molar-refractivity contribution < 1.29 is 18.9 Å². The molecule has 4 aromatic carbocycles. The zero-order chi connectivity index (χ0) is 29.5. The maximum Gasteiger partial charge on any atom is 0.269 e. The fourth-order valence-electron chi connectivity index (χ4n) is 5.27. The molecule has 8 nitrogen and oxygen atoms in total. The maximum atomic E-state index is 14.6. The molecular weight excluding hydrogens is 562 g/mol. The van der Waals surface area contributed by atoms with Gasteiger partial charge in [-0.15, -0.1) is 0 Å². The maximum absolute atomic E-state index is 14.6. The lowest BCUT2D eigenvalue weighted by atomic mass is 9.99. The second kappa shape index (κ2) is 10.8. The van der Waals surface area contributed by atoms with Crippen LogP contribution in [-0.2, 0) is 0 Å². The molecule has 43 heavy (non-hydrogen) atoms. The molecule has 0 N–H and O–H groups in total. The van der Waals surface area contributed by atoms with Crippen LogP contribution in [0.3, 0.4) is 0 Å². The summed E-state index contributed by atoms with van der Waals surface area (Å²) in [5.74, 6) is 2.63. The van der Waals surface area contributed by atoms with E-state index in [1.165, 1.54) is 4.57 Å². The van der Waals surface area contributed by atoms with E-state index in [0.29, 0.717) is 51.0 Å². The van der Waals surface area contributed by atoms with Crippen LogP contribution in [0.5, 0.6) is 23.0 Å². The summed E-state index contributed by atoms with van der Waals surface area (Å²) in [5, 5.41) is 0.402. The van der Waals surface area contributed by atoms with Crippen LogP contribution >= 0.6 is 12.2 Å². The summed E-state index contributed by atoms with van der Waals surface area (Å²) in [6, 6.07) is 32.2.